The van der Waals surface area contributed by atoms with Gasteiger partial charge in [0.1, 0.15) is 19.8 Å². The Bertz CT molecular complexity index is 1240. The number of fused-ring (bicyclic) bond motifs is 1. The molecular formula is C24H24N2O5S. The van der Waals surface area contributed by atoms with Gasteiger partial charge in [-0.25, -0.2) is 8.42 Å². The summed E-state index contributed by atoms with van der Waals surface area (Å²) in [5.41, 5.74) is 2.75. The molecule has 166 valence electrons. The molecule has 1 aliphatic heterocycles. The lowest BCUT2D eigenvalue weighted by Gasteiger charge is -2.25. The van der Waals surface area contributed by atoms with Crippen molar-refractivity contribution in [2.75, 3.05) is 29.4 Å². The Kier molecular flexibility index (Phi) is 6.05. The van der Waals surface area contributed by atoms with Gasteiger partial charge in [0.2, 0.25) is 5.91 Å². The van der Waals surface area contributed by atoms with Crippen LogP contribution in [-0.4, -0.2) is 34.1 Å². The van der Waals surface area contributed by atoms with Gasteiger partial charge in [-0.05, 0) is 55.8 Å². The number of rotatable bonds is 6. The second kappa shape index (κ2) is 8.92. The zero-order valence-corrected chi connectivity index (χ0v) is 18.7. The van der Waals surface area contributed by atoms with Crippen LogP contribution in [0, 0.1) is 13.8 Å². The second-order valence-corrected chi connectivity index (χ2v) is 9.43. The highest BCUT2D eigenvalue weighted by atomic mass is 32.2. The first-order valence-electron chi connectivity index (χ1n) is 10.2. The molecular weight excluding hydrogens is 428 g/mol. The Morgan fingerprint density at radius 2 is 1.62 bits per heavy atom. The fourth-order valence-electron chi connectivity index (χ4n) is 3.39. The van der Waals surface area contributed by atoms with Gasteiger partial charge in [0.15, 0.2) is 11.5 Å². The van der Waals surface area contributed by atoms with E-state index in [2.05, 4.69) is 5.32 Å². The van der Waals surface area contributed by atoms with E-state index in [1.807, 2.05) is 19.9 Å². The molecule has 0 spiro atoms. The van der Waals surface area contributed by atoms with Gasteiger partial charge in [0.05, 0.1) is 10.6 Å². The number of nitrogens with zero attached hydrogens (tertiary/aromatic N) is 1. The average Bonchev–Trinajstić information content (AvgIpc) is 2.77. The molecule has 0 fully saturated rings. The number of carbonyl (C=O) groups is 1. The Morgan fingerprint density at radius 3 is 2.34 bits per heavy atom. The summed E-state index contributed by atoms with van der Waals surface area (Å²) in [7, 11) is -3.96. The van der Waals surface area contributed by atoms with Gasteiger partial charge < -0.3 is 14.8 Å². The van der Waals surface area contributed by atoms with Gasteiger partial charge in [-0.1, -0.05) is 29.8 Å². The number of amides is 1. The number of hydrogen-bond acceptors (Lipinski definition) is 5. The van der Waals surface area contributed by atoms with E-state index in [-0.39, 0.29) is 11.4 Å². The van der Waals surface area contributed by atoms with Gasteiger partial charge >= 0.3 is 0 Å². The summed E-state index contributed by atoms with van der Waals surface area (Å²) in [6.45, 7) is 4.28. The Labute approximate surface area is 187 Å². The molecule has 0 atom stereocenters. The summed E-state index contributed by atoms with van der Waals surface area (Å²) in [4.78, 5) is 13.0. The van der Waals surface area contributed by atoms with Crippen LogP contribution in [0.1, 0.15) is 11.1 Å². The zero-order chi connectivity index (χ0) is 22.7. The number of anilines is 2. The molecule has 1 amide bonds. The molecule has 0 bridgehead atoms. The summed E-state index contributed by atoms with van der Waals surface area (Å²) < 4.78 is 39.1. The van der Waals surface area contributed by atoms with Crippen molar-refractivity contribution in [2.45, 2.75) is 18.7 Å². The van der Waals surface area contributed by atoms with Crippen molar-refractivity contribution in [2.24, 2.45) is 0 Å². The molecule has 3 aromatic carbocycles. The lowest BCUT2D eigenvalue weighted by atomic mass is 10.2. The number of ether oxygens (including phenoxy) is 2. The van der Waals surface area contributed by atoms with E-state index < -0.39 is 15.9 Å². The van der Waals surface area contributed by atoms with E-state index in [9.17, 15) is 13.2 Å². The lowest BCUT2D eigenvalue weighted by molar-refractivity contribution is -0.114. The molecule has 0 aliphatic carbocycles. The van der Waals surface area contributed by atoms with Crippen LogP contribution in [0.3, 0.4) is 0 Å². The fourth-order valence-corrected chi connectivity index (χ4v) is 4.80. The number of sulfonamides is 1. The smallest absolute Gasteiger partial charge is 0.264 e. The molecule has 7 nitrogen and oxygen atoms in total. The number of nitrogens with one attached hydrogen (secondary N) is 1. The average molecular weight is 453 g/mol. The Hall–Kier alpha value is -3.52. The number of carbonyl (C=O) groups excluding carboxylic acids is 1. The third-order valence-electron chi connectivity index (χ3n) is 5.01. The van der Waals surface area contributed by atoms with Crippen LogP contribution in [-0.2, 0) is 14.8 Å². The van der Waals surface area contributed by atoms with Crippen molar-refractivity contribution >= 4 is 27.3 Å². The summed E-state index contributed by atoms with van der Waals surface area (Å²) in [6, 6.07) is 18.7. The van der Waals surface area contributed by atoms with Gasteiger partial charge in [0.25, 0.3) is 10.0 Å². The first kappa shape index (κ1) is 21.7. The van der Waals surface area contributed by atoms with E-state index in [0.29, 0.717) is 36.1 Å². The van der Waals surface area contributed by atoms with Crippen molar-refractivity contribution < 1.29 is 22.7 Å². The number of aryl methyl sites for hydroxylation is 2. The third kappa shape index (κ3) is 4.70. The van der Waals surface area contributed by atoms with Crippen molar-refractivity contribution in [1.82, 2.24) is 0 Å². The maximum Gasteiger partial charge on any atom is 0.264 e. The van der Waals surface area contributed by atoms with Crippen molar-refractivity contribution in [3.63, 3.8) is 0 Å². The molecule has 1 N–H and O–H groups in total. The van der Waals surface area contributed by atoms with E-state index in [4.69, 9.17) is 9.47 Å². The highest BCUT2D eigenvalue weighted by molar-refractivity contribution is 7.92. The molecule has 0 radical (unpaired) electrons. The van der Waals surface area contributed by atoms with Crippen LogP contribution in [0.5, 0.6) is 11.5 Å². The van der Waals surface area contributed by atoms with Crippen LogP contribution in [0.4, 0.5) is 11.4 Å². The van der Waals surface area contributed by atoms with Crippen molar-refractivity contribution in [3.8, 4) is 11.5 Å². The number of benzene rings is 3. The molecule has 0 saturated heterocycles. The van der Waals surface area contributed by atoms with Crippen molar-refractivity contribution in [3.05, 3.63) is 77.9 Å². The quantitative estimate of drug-likeness (QED) is 0.613. The number of hydrogen-bond donors (Lipinski definition) is 1. The van der Waals surface area contributed by atoms with E-state index in [0.717, 1.165) is 15.4 Å². The maximum atomic E-state index is 13.4. The lowest BCUT2D eigenvalue weighted by Crippen LogP contribution is -2.38. The summed E-state index contributed by atoms with van der Waals surface area (Å²) in [6.07, 6.45) is 0. The highest BCUT2D eigenvalue weighted by Crippen LogP contribution is 2.32. The molecule has 3 aromatic rings. The van der Waals surface area contributed by atoms with E-state index >= 15 is 0 Å². The first-order valence-corrected chi connectivity index (χ1v) is 11.6. The molecule has 1 aliphatic rings. The molecule has 32 heavy (non-hydrogen) atoms. The molecule has 4 rings (SSSR count). The van der Waals surface area contributed by atoms with Crippen LogP contribution in [0.25, 0.3) is 0 Å². The third-order valence-corrected chi connectivity index (χ3v) is 6.80. The fraction of sp³-hybridized carbons (Fsp3) is 0.208. The SMILES string of the molecule is Cc1ccc(S(=O)(=O)N(CC(=O)Nc2ccc3c(c2)OCCO3)c2cccc(C)c2)cc1. The highest BCUT2D eigenvalue weighted by Gasteiger charge is 2.27. The topological polar surface area (TPSA) is 84.9 Å². The normalized spacial score (nSPS) is 12.8. The Balaban J connectivity index is 1.62. The predicted molar refractivity (Wildman–Crippen MR) is 123 cm³/mol. The van der Waals surface area contributed by atoms with Gasteiger partial charge in [0, 0.05) is 11.8 Å². The van der Waals surface area contributed by atoms with Gasteiger partial charge in [-0.3, -0.25) is 9.10 Å². The molecule has 1 heterocycles. The molecule has 0 saturated carbocycles. The predicted octanol–water partition coefficient (Wildman–Crippen LogP) is 3.91. The second-order valence-electron chi connectivity index (χ2n) is 7.57. The van der Waals surface area contributed by atoms with Crippen LogP contribution in [0.2, 0.25) is 0 Å². The Morgan fingerprint density at radius 1 is 0.906 bits per heavy atom. The van der Waals surface area contributed by atoms with Crippen LogP contribution >= 0.6 is 0 Å². The van der Waals surface area contributed by atoms with Crippen molar-refractivity contribution in [1.29, 1.82) is 0 Å². The molecule has 0 aromatic heterocycles. The maximum absolute atomic E-state index is 13.4. The molecule has 8 heteroatoms. The van der Waals surface area contributed by atoms with Gasteiger partial charge in [-0.15, -0.1) is 0 Å². The van der Waals surface area contributed by atoms with Gasteiger partial charge in [-0.2, -0.15) is 0 Å². The first-order chi connectivity index (χ1) is 15.3. The minimum Gasteiger partial charge on any atom is -0.486 e. The summed E-state index contributed by atoms with van der Waals surface area (Å²) >= 11 is 0. The van der Waals surface area contributed by atoms with E-state index in [1.165, 1.54) is 0 Å². The standard InChI is InChI=1S/C24H24N2O5S/c1-17-6-9-21(10-7-17)32(28,29)26(20-5-3-4-18(2)14-20)16-24(27)25-19-8-11-22-23(15-19)31-13-12-30-22/h3-11,14-15H,12-13,16H2,1-2H3,(H,25,27). The zero-order valence-electron chi connectivity index (χ0n) is 17.9. The van der Waals surface area contributed by atoms with Crippen LogP contribution in [0.15, 0.2) is 71.6 Å². The molecule has 0 unspecified atom stereocenters. The largest absolute Gasteiger partial charge is 0.486 e. The minimum atomic E-state index is -3.96. The van der Waals surface area contributed by atoms with E-state index in [1.54, 1.807) is 60.7 Å². The van der Waals surface area contributed by atoms with Crippen LogP contribution < -0.4 is 19.1 Å². The summed E-state index contributed by atoms with van der Waals surface area (Å²) in [5.74, 6) is 0.674. The minimum absolute atomic E-state index is 0.122. The monoisotopic (exact) mass is 452 g/mol. The summed E-state index contributed by atoms with van der Waals surface area (Å²) in [5, 5.41) is 2.76.